The molecule has 1 aromatic heterocycles. The minimum atomic E-state index is -0.251. The van der Waals surface area contributed by atoms with Gasteiger partial charge in [-0.1, -0.05) is 19.1 Å². The van der Waals surface area contributed by atoms with Crippen molar-refractivity contribution in [2.75, 3.05) is 30.6 Å². The van der Waals surface area contributed by atoms with Crippen LogP contribution in [0.2, 0.25) is 0 Å². The largest absolute Gasteiger partial charge is 0.493 e. The molecule has 3 aromatic carbocycles. The number of carbonyl (C=O) groups excluding carboxylic acids is 1. The maximum atomic E-state index is 13.1. The summed E-state index contributed by atoms with van der Waals surface area (Å²) in [6.45, 7) is 2.18. The molecule has 2 heterocycles. The van der Waals surface area contributed by atoms with Gasteiger partial charge in [-0.05, 0) is 60.4 Å². The molecule has 5 N–H and O–H groups in total. The fraction of sp³-hybridized carbons (Fsp3) is 0.200. The van der Waals surface area contributed by atoms with Gasteiger partial charge in [0.25, 0.3) is 5.91 Å². The number of methoxy groups -OCH3 is 2. The Balaban J connectivity index is 1.45. The van der Waals surface area contributed by atoms with E-state index in [9.17, 15) is 4.79 Å². The summed E-state index contributed by atoms with van der Waals surface area (Å²) in [5.74, 6) is 1.88. The molecule has 0 radical (unpaired) electrons. The van der Waals surface area contributed by atoms with E-state index in [-0.39, 0.29) is 17.9 Å². The molecule has 0 spiro atoms. The number of ether oxygens (including phenoxy) is 2. The maximum Gasteiger partial charge on any atom is 0.255 e. The number of rotatable bonds is 7. The SMILES string of the molecule is COc1ccc(NC2=NC(c3cccc(C(=O)Nc4ccc(C=N)c(N)c4)c3)CC(C)c3scnc32)cc1OC. The molecule has 4 aromatic rings. The van der Waals surface area contributed by atoms with Gasteiger partial charge in [-0.3, -0.25) is 9.79 Å². The Kier molecular flexibility index (Phi) is 7.79. The van der Waals surface area contributed by atoms with Gasteiger partial charge in [0.15, 0.2) is 17.3 Å². The molecule has 0 saturated carbocycles. The van der Waals surface area contributed by atoms with Crippen LogP contribution in [0.4, 0.5) is 17.1 Å². The van der Waals surface area contributed by atoms with E-state index in [0.29, 0.717) is 39.8 Å². The Labute approximate surface area is 236 Å². The Morgan fingerprint density at radius 1 is 1.07 bits per heavy atom. The van der Waals surface area contributed by atoms with Crippen molar-refractivity contribution < 1.29 is 14.3 Å². The van der Waals surface area contributed by atoms with Crippen LogP contribution in [-0.4, -0.2) is 37.2 Å². The molecule has 0 bridgehead atoms. The molecule has 2 atom stereocenters. The lowest BCUT2D eigenvalue weighted by atomic mass is 9.94. The zero-order valence-electron chi connectivity index (χ0n) is 22.4. The molecule has 0 aliphatic carbocycles. The van der Waals surface area contributed by atoms with Gasteiger partial charge in [-0.15, -0.1) is 11.3 Å². The summed E-state index contributed by atoms with van der Waals surface area (Å²) in [5, 5.41) is 13.8. The van der Waals surface area contributed by atoms with Crippen LogP contribution in [0.25, 0.3) is 0 Å². The smallest absolute Gasteiger partial charge is 0.255 e. The van der Waals surface area contributed by atoms with Crippen LogP contribution in [0.1, 0.15) is 57.4 Å². The predicted octanol–water partition coefficient (Wildman–Crippen LogP) is 6.10. The Bertz CT molecular complexity index is 1600. The van der Waals surface area contributed by atoms with Crippen LogP contribution in [0.15, 0.2) is 71.2 Å². The number of fused-ring (bicyclic) bond motifs is 1. The topological polar surface area (TPSA) is 135 Å². The highest BCUT2D eigenvalue weighted by atomic mass is 32.1. The molecule has 0 fully saturated rings. The first kappa shape index (κ1) is 26.9. The lowest BCUT2D eigenvalue weighted by Gasteiger charge is -2.17. The Morgan fingerprint density at radius 2 is 1.88 bits per heavy atom. The fourth-order valence-corrected chi connectivity index (χ4v) is 5.58. The van der Waals surface area contributed by atoms with Crippen molar-refractivity contribution in [2.24, 2.45) is 4.99 Å². The average molecular weight is 555 g/mol. The van der Waals surface area contributed by atoms with E-state index in [1.807, 2.05) is 41.9 Å². The number of anilines is 3. The number of amides is 1. The predicted molar refractivity (Wildman–Crippen MR) is 161 cm³/mol. The van der Waals surface area contributed by atoms with Gasteiger partial charge in [0.1, 0.15) is 5.69 Å². The third kappa shape index (κ3) is 5.52. The zero-order valence-corrected chi connectivity index (χ0v) is 23.2. The fourth-order valence-electron chi connectivity index (χ4n) is 4.72. The lowest BCUT2D eigenvalue weighted by Crippen LogP contribution is -2.16. The molecular weight excluding hydrogens is 524 g/mol. The number of nitrogens with zero attached hydrogens (tertiary/aromatic N) is 2. The maximum absolute atomic E-state index is 13.1. The summed E-state index contributed by atoms with van der Waals surface area (Å²) < 4.78 is 10.9. The molecule has 1 aliphatic heterocycles. The average Bonchev–Trinajstić information content (AvgIpc) is 3.42. The number of carbonyl (C=O) groups is 1. The molecular formula is C30H30N6O3S. The van der Waals surface area contributed by atoms with Crippen molar-refractivity contribution in [3.8, 4) is 11.5 Å². The number of nitrogens with one attached hydrogen (secondary N) is 3. The highest BCUT2D eigenvalue weighted by molar-refractivity contribution is 7.10. The number of nitrogen functional groups attached to an aromatic ring is 1. The number of hydrogen-bond donors (Lipinski definition) is 4. The van der Waals surface area contributed by atoms with Crippen LogP contribution in [0, 0.1) is 5.41 Å². The summed E-state index contributed by atoms with van der Waals surface area (Å²) in [5.41, 5.74) is 12.5. The van der Waals surface area contributed by atoms with Crippen molar-refractivity contribution >= 4 is 46.4 Å². The first-order chi connectivity index (χ1) is 19.4. The van der Waals surface area contributed by atoms with E-state index < -0.39 is 0 Å². The molecule has 204 valence electrons. The molecule has 40 heavy (non-hydrogen) atoms. The van der Waals surface area contributed by atoms with E-state index in [4.69, 9.17) is 25.6 Å². The lowest BCUT2D eigenvalue weighted by molar-refractivity contribution is 0.102. The molecule has 10 heteroatoms. The van der Waals surface area contributed by atoms with Crippen molar-refractivity contribution in [3.63, 3.8) is 0 Å². The number of aliphatic imine (C=N–C) groups is 1. The van der Waals surface area contributed by atoms with E-state index in [1.54, 1.807) is 49.8 Å². The molecule has 1 amide bonds. The summed E-state index contributed by atoms with van der Waals surface area (Å²) >= 11 is 1.62. The van der Waals surface area contributed by atoms with Crippen LogP contribution >= 0.6 is 11.3 Å². The quantitative estimate of drug-likeness (QED) is 0.161. The van der Waals surface area contributed by atoms with Crippen molar-refractivity contribution in [1.29, 1.82) is 5.41 Å². The number of benzene rings is 3. The molecule has 0 saturated heterocycles. The zero-order chi connectivity index (χ0) is 28.2. The highest BCUT2D eigenvalue weighted by Crippen LogP contribution is 2.39. The molecule has 5 rings (SSSR count). The monoisotopic (exact) mass is 554 g/mol. The molecule has 2 unspecified atom stereocenters. The van der Waals surface area contributed by atoms with E-state index in [0.717, 1.165) is 28.2 Å². The first-order valence-electron chi connectivity index (χ1n) is 12.7. The Morgan fingerprint density at radius 3 is 2.62 bits per heavy atom. The van der Waals surface area contributed by atoms with Crippen LogP contribution in [0.5, 0.6) is 11.5 Å². The summed E-state index contributed by atoms with van der Waals surface area (Å²) in [6, 6.07) is 18.0. The minimum Gasteiger partial charge on any atom is -0.493 e. The number of aromatic nitrogens is 1. The standard InChI is InChI=1S/C30H30N6O3S/c1-17-11-24(18-5-4-6-19(12-18)30(37)35-21-8-7-20(15-31)23(32)13-21)36-29(27-28(17)40-16-33-27)34-22-9-10-25(38-2)26(14-22)39-3/h4-10,12-17,24,31H,11,32H2,1-3H3,(H,34,36)(H,35,37). The second-order valence-electron chi connectivity index (χ2n) is 9.46. The van der Waals surface area contributed by atoms with E-state index in [1.165, 1.54) is 6.21 Å². The normalized spacial score (nSPS) is 16.2. The second kappa shape index (κ2) is 11.6. The third-order valence-corrected chi connectivity index (χ3v) is 7.87. The van der Waals surface area contributed by atoms with Crippen LogP contribution < -0.4 is 25.8 Å². The highest BCUT2D eigenvalue weighted by Gasteiger charge is 2.28. The van der Waals surface area contributed by atoms with E-state index >= 15 is 0 Å². The Hall–Kier alpha value is -4.70. The summed E-state index contributed by atoms with van der Waals surface area (Å²) in [4.78, 5) is 24.1. The third-order valence-electron chi connectivity index (χ3n) is 6.81. The number of hydrogen-bond acceptors (Lipinski definition) is 9. The van der Waals surface area contributed by atoms with Gasteiger partial charge in [0.2, 0.25) is 0 Å². The van der Waals surface area contributed by atoms with Crippen molar-refractivity contribution in [3.05, 3.63) is 93.4 Å². The van der Waals surface area contributed by atoms with Gasteiger partial charge in [0.05, 0.1) is 25.8 Å². The van der Waals surface area contributed by atoms with Crippen LogP contribution in [-0.2, 0) is 0 Å². The van der Waals surface area contributed by atoms with Gasteiger partial charge in [-0.25, -0.2) is 4.98 Å². The van der Waals surface area contributed by atoms with Gasteiger partial charge < -0.3 is 31.3 Å². The van der Waals surface area contributed by atoms with Crippen molar-refractivity contribution in [1.82, 2.24) is 4.98 Å². The summed E-state index contributed by atoms with van der Waals surface area (Å²) in [6.07, 6.45) is 1.94. The van der Waals surface area contributed by atoms with Crippen LogP contribution in [0.3, 0.4) is 0 Å². The van der Waals surface area contributed by atoms with Crippen molar-refractivity contribution in [2.45, 2.75) is 25.3 Å². The minimum absolute atomic E-state index is 0.200. The summed E-state index contributed by atoms with van der Waals surface area (Å²) in [7, 11) is 3.20. The first-order valence-corrected chi connectivity index (χ1v) is 13.6. The second-order valence-corrected chi connectivity index (χ2v) is 10.3. The number of nitrogens with two attached hydrogens (primary N) is 1. The van der Waals surface area contributed by atoms with Gasteiger partial charge in [0, 0.05) is 45.3 Å². The molecule has 9 nitrogen and oxygen atoms in total. The van der Waals surface area contributed by atoms with Gasteiger partial charge >= 0.3 is 0 Å². The number of amidine groups is 1. The number of thiazole rings is 1. The molecule has 1 aliphatic rings. The van der Waals surface area contributed by atoms with E-state index in [2.05, 4.69) is 22.5 Å². The van der Waals surface area contributed by atoms with Gasteiger partial charge in [-0.2, -0.15) is 0 Å².